The lowest BCUT2D eigenvalue weighted by molar-refractivity contribution is 0.353. The highest BCUT2D eigenvalue weighted by atomic mass is 15.1. The maximum absolute atomic E-state index is 5.44. The molecular formula is C11H17N3. The van der Waals surface area contributed by atoms with Gasteiger partial charge < -0.3 is 11.1 Å². The predicted molar refractivity (Wildman–Crippen MR) is 59.2 cm³/mol. The van der Waals surface area contributed by atoms with Crippen LogP contribution in [0.15, 0.2) is 18.2 Å². The van der Waals surface area contributed by atoms with E-state index in [1.807, 2.05) is 0 Å². The summed E-state index contributed by atoms with van der Waals surface area (Å²) in [5, 5.41) is 3.30. The summed E-state index contributed by atoms with van der Waals surface area (Å²) in [7, 11) is 2.15. The van der Waals surface area contributed by atoms with Crippen molar-refractivity contribution in [3.8, 4) is 0 Å². The third-order valence-corrected chi connectivity index (χ3v) is 2.56. The van der Waals surface area contributed by atoms with Gasteiger partial charge in [-0.25, -0.2) is 0 Å². The molecule has 2 rings (SSSR count). The Hall–Kier alpha value is -1.06. The van der Waals surface area contributed by atoms with Crippen LogP contribution in [0.2, 0.25) is 0 Å². The van der Waals surface area contributed by atoms with Crippen molar-refractivity contribution in [3.63, 3.8) is 0 Å². The quantitative estimate of drug-likeness (QED) is 0.749. The lowest BCUT2D eigenvalue weighted by Gasteiger charge is -2.06. The highest BCUT2D eigenvalue weighted by Gasteiger charge is 2.14. The lowest BCUT2D eigenvalue weighted by atomic mass is 10.1. The lowest BCUT2D eigenvalue weighted by Crippen LogP contribution is -2.13. The van der Waals surface area contributed by atoms with Gasteiger partial charge >= 0.3 is 0 Å². The average Bonchev–Trinajstić information content (AvgIpc) is 2.54. The summed E-state index contributed by atoms with van der Waals surface area (Å²) in [5.41, 5.74) is 9.51. The number of hydrogen-bond donors (Lipinski definition) is 2. The second-order valence-corrected chi connectivity index (χ2v) is 3.87. The maximum Gasteiger partial charge on any atom is 0.0344 e. The van der Waals surface area contributed by atoms with E-state index in [-0.39, 0.29) is 0 Å². The second-order valence-electron chi connectivity index (χ2n) is 3.87. The van der Waals surface area contributed by atoms with Crippen molar-refractivity contribution in [1.29, 1.82) is 0 Å². The van der Waals surface area contributed by atoms with Gasteiger partial charge in [-0.05, 0) is 30.3 Å². The molecule has 1 aliphatic heterocycles. The van der Waals surface area contributed by atoms with E-state index in [4.69, 9.17) is 5.73 Å². The first-order chi connectivity index (χ1) is 6.79. The van der Waals surface area contributed by atoms with Crippen molar-refractivity contribution < 1.29 is 0 Å². The van der Waals surface area contributed by atoms with Crippen molar-refractivity contribution in [2.45, 2.75) is 13.1 Å². The molecular weight excluding hydrogens is 174 g/mol. The number of nitrogens with two attached hydrogens (primary N) is 1. The van der Waals surface area contributed by atoms with E-state index in [9.17, 15) is 0 Å². The molecule has 0 radical (unpaired) electrons. The van der Waals surface area contributed by atoms with Gasteiger partial charge in [-0.3, -0.25) is 4.90 Å². The van der Waals surface area contributed by atoms with Gasteiger partial charge in [0.2, 0.25) is 0 Å². The van der Waals surface area contributed by atoms with Crippen LogP contribution >= 0.6 is 0 Å². The number of anilines is 1. The van der Waals surface area contributed by atoms with E-state index in [0.29, 0.717) is 6.54 Å². The number of nitrogens with one attached hydrogen (secondary N) is 1. The minimum absolute atomic E-state index is 0.678. The number of benzene rings is 1. The Morgan fingerprint density at radius 1 is 1.36 bits per heavy atom. The molecule has 3 heteroatoms. The highest BCUT2D eigenvalue weighted by Crippen LogP contribution is 2.24. The predicted octanol–water partition coefficient (Wildman–Crippen LogP) is 1.00. The summed E-state index contributed by atoms with van der Waals surface area (Å²) in [6.07, 6.45) is 0. The summed E-state index contributed by atoms with van der Waals surface area (Å²) in [4.78, 5) is 2.32. The number of hydrogen-bond acceptors (Lipinski definition) is 3. The Morgan fingerprint density at radius 3 is 2.93 bits per heavy atom. The van der Waals surface area contributed by atoms with Crippen LogP contribution in [0.5, 0.6) is 0 Å². The van der Waals surface area contributed by atoms with Crippen LogP contribution in [0, 0.1) is 0 Å². The van der Waals surface area contributed by atoms with Gasteiger partial charge in [-0.2, -0.15) is 0 Å². The zero-order valence-electron chi connectivity index (χ0n) is 8.59. The molecule has 0 spiro atoms. The summed E-state index contributed by atoms with van der Waals surface area (Å²) < 4.78 is 0. The molecule has 0 bridgehead atoms. The topological polar surface area (TPSA) is 41.3 Å². The molecule has 1 aromatic rings. The summed E-state index contributed by atoms with van der Waals surface area (Å²) in [6.45, 7) is 3.66. The van der Waals surface area contributed by atoms with E-state index in [1.165, 1.54) is 16.8 Å². The minimum atomic E-state index is 0.678. The van der Waals surface area contributed by atoms with Crippen LogP contribution in [0.3, 0.4) is 0 Å². The monoisotopic (exact) mass is 191 g/mol. The normalized spacial score (nSPS) is 15.6. The SMILES string of the molecule is CN1Cc2ccc(NCCN)cc2C1. The van der Waals surface area contributed by atoms with Crippen molar-refractivity contribution >= 4 is 5.69 Å². The molecule has 0 saturated heterocycles. The van der Waals surface area contributed by atoms with Gasteiger partial charge in [0.05, 0.1) is 0 Å². The van der Waals surface area contributed by atoms with E-state index < -0.39 is 0 Å². The van der Waals surface area contributed by atoms with Crippen LogP contribution in [0.1, 0.15) is 11.1 Å². The molecule has 1 aromatic carbocycles. The van der Waals surface area contributed by atoms with Crippen LogP contribution < -0.4 is 11.1 Å². The van der Waals surface area contributed by atoms with Gasteiger partial charge in [0, 0.05) is 31.9 Å². The zero-order chi connectivity index (χ0) is 9.97. The standard InChI is InChI=1S/C11H17N3/c1-14-7-9-2-3-11(13-5-4-12)6-10(9)8-14/h2-3,6,13H,4-5,7-8,12H2,1H3. The first kappa shape index (κ1) is 9.49. The second kappa shape index (κ2) is 3.98. The molecule has 14 heavy (non-hydrogen) atoms. The van der Waals surface area contributed by atoms with Crippen molar-refractivity contribution in [3.05, 3.63) is 29.3 Å². The van der Waals surface area contributed by atoms with Crippen LogP contribution in [-0.4, -0.2) is 25.0 Å². The number of fused-ring (bicyclic) bond motifs is 1. The van der Waals surface area contributed by atoms with Crippen molar-refractivity contribution in [2.75, 3.05) is 25.5 Å². The molecule has 76 valence electrons. The first-order valence-corrected chi connectivity index (χ1v) is 5.04. The first-order valence-electron chi connectivity index (χ1n) is 5.04. The molecule has 1 heterocycles. The molecule has 1 aliphatic rings. The van der Waals surface area contributed by atoms with E-state index in [2.05, 4.69) is 35.5 Å². The summed E-state index contributed by atoms with van der Waals surface area (Å²) in [6, 6.07) is 6.57. The maximum atomic E-state index is 5.44. The third-order valence-electron chi connectivity index (χ3n) is 2.56. The number of rotatable bonds is 3. The molecule has 0 amide bonds. The Bertz CT molecular complexity index is 322. The Morgan fingerprint density at radius 2 is 2.14 bits per heavy atom. The molecule has 3 nitrogen and oxygen atoms in total. The van der Waals surface area contributed by atoms with Crippen molar-refractivity contribution in [1.82, 2.24) is 4.90 Å². The Labute approximate surface area is 84.9 Å². The van der Waals surface area contributed by atoms with Gasteiger partial charge in [-0.1, -0.05) is 6.07 Å². The fourth-order valence-electron chi connectivity index (χ4n) is 1.89. The molecule has 3 N–H and O–H groups in total. The molecule has 0 atom stereocenters. The van der Waals surface area contributed by atoms with Crippen LogP contribution in [0.25, 0.3) is 0 Å². The molecule has 0 fully saturated rings. The third kappa shape index (κ3) is 1.89. The average molecular weight is 191 g/mol. The molecule has 0 saturated carbocycles. The van der Waals surface area contributed by atoms with E-state index in [0.717, 1.165) is 19.6 Å². The van der Waals surface area contributed by atoms with E-state index >= 15 is 0 Å². The molecule has 0 unspecified atom stereocenters. The van der Waals surface area contributed by atoms with Crippen LogP contribution in [0.4, 0.5) is 5.69 Å². The van der Waals surface area contributed by atoms with Gasteiger partial charge in [-0.15, -0.1) is 0 Å². The highest BCUT2D eigenvalue weighted by molar-refractivity contribution is 5.49. The Kier molecular flexibility index (Phi) is 2.70. The fraction of sp³-hybridized carbons (Fsp3) is 0.455. The Balaban J connectivity index is 2.12. The fourth-order valence-corrected chi connectivity index (χ4v) is 1.89. The van der Waals surface area contributed by atoms with Crippen molar-refractivity contribution in [2.24, 2.45) is 5.73 Å². The van der Waals surface area contributed by atoms with Crippen LogP contribution in [-0.2, 0) is 13.1 Å². The van der Waals surface area contributed by atoms with E-state index in [1.54, 1.807) is 0 Å². The minimum Gasteiger partial charge on any atom is -0.384 e. The number of nitrogens with zero attached hydrogens (tertiary/aromatic N) is 1. The summed E-state index contributed by atoms with van der Waals surface area (Å²) in [5.74, 6) is 0. The zero-order valence-corrected chi connectivity index (χ0v) is 8.59. The van der Waals surface area contributed by atoms with Gasteiger partial charge in [0.1, 0.15) is 0 Å². The van der Waals surface area contributed by atoms with Gasteiger partial charge in [0.15, 0.2) is 0 Å². The smallest absolute Gasteiger partial charge is 0.0344 e. The molecule has 0 aromatic heterocycles. The van der Waals surface area contributed by atoms with Gasteiger partial charge in [0.25, 0.3) is 0 Å². The molecule has 0 aliphatic carbocycles. The summed E-state index contributed by atoms with van der Waals surface area (Å²) >= 11 is 0. The largest absolute Gasteiger partial charge is 0.384 e.